The van der Waals surface area contributed by atoms with E-state index >= 15 is 0 Å². The molecule has 0 unspecified atom stereocenters. The lowest BCUT2D eigenvalue weighted by atomic mass is 9.76. The van der Waals surface area contributed by atoms with Gasteiger partial charge in [0, 0.05) is 49.3 Å². The van der Waals surface area contributed by atoms with Crippen LogP contribution >= 0.6 is 0 Å². The minimum atomic E-state index is 0.553. The maximum Gasteiger partial charge on any atom is 0.119 e. The SMILES string of the molecule is COc1ccc2[nH]cc([C@H](C3CCC3)N3CCNCC3)c2c1. The van der Waals surface area contributed by atoms with E-state index in [1.54, 1.807) is 7.11 Å². The zero-order valence-electron chi connectivity index (χ0n) is 13.3. The number of rotatable bonds is 4. The van der Waals surface area contributed by atoms with Gasteiger partial charge in [-0.15, -0.1) is 0 Å². The number of nitrogens with zero attached hydrogens (tertiary/aromatic N) is 1. The van der Waals surface area contributed by atoms with E-state index in [0.29, 0.717) is 6.04 Å². The zero-order chi connectivity index (χ0) is 14.9. The number of ether oxygens (including phenoxy) is 1. The Morgan fingerprint density at radius 3 is 2.73 bits per heavy atom. The molecule has 2 heterocycles. The Morgan fingerprint density at radius 2 is 2.05 bits per heavy atom. The van der Waals surface area contributed by atoms with Crippen LogP contribution in [0.25, 0.3) is 10.9 Å². The Hall–Kier alpha value is -1.52. The summed E-state index contributed by atoms with van der Waals surface area (Å²) in [7, 11) is 1.74. The monoisotopic (exact) mass is 299 g/mol. The van der Waals surface area contributed by atoms with Gasteiger partial charge < -0.3 is 15.0 Å². The van der Waals surface area contributed by atoms with Gasteiger partial charge in [0.15, 0.2) is 0 Å². The second-order valence-corrected chi connectivity index (χ2v) is 6.58. The summed E-state index contributed by atoms with van der Waals surface area (Å²) in [5.74, 6) is 1.75. The number of aromatic nitrogens is 1. The number of piperazine rings is 1. The van der Waals surface area contributed by atoms with E-state index in [0.717, 1.165) is 37.8 Å². The lowest BCUT2D eigenvalue weighted by Crippen LogP contribution is -2.47. The van der Waals surface area contributed by atoms with Gasteiger partial charge in [0.05, 0.1) is 7.11 Å². The molecular weight excluding hydrogens is 274 g/mol. The van der Waals surface area contributed by atoms with Gasteiger partial charge in [0.25, 0.3) is 0 Å². The number of hydrogen-bond acceptors (Lipinski definition) is 3. The average Bonchev–Trinajstić information content (AvgIpc) is 2.94. The number of methoxy groups -OCH3 is 1. The fourth-order valence-electron chi connectivity index (χ4n) is 3.96. The van der Waals surface area contributed by atoms with Crippen molar-refractivity contribution in [2.24, 2.45) is 5.92 Å². The zero-order valence-corrected chi connectivity index (χ0v) is 13.3. The van der Waals surface area contributed by atoms with Gasteiger partial charge in [0.2, 0.25) is 0 Å². The predicted molar refractivity (Wildman–Crippen MR) is 89.4 cm³/mol. The molecule has 0 bridgehead atoms. The van der Waals surface area contributed by atoms with Crippen molar-refractivity contribution in [3.63, 3.8) is 0 Å². The van der Waals surface area contributed by atoms with Crippen molar-refractivity contribution in [1.82, 2.24) is 15.2 Å². The highest BCUT2D eigenvalue weighted by atomic mass is 16.5. The van der Waals surface area contributed by atoms with Crippen LogP contribution in [0.2, 0.25) is 0 Å². The molecule has 1 aromatic carbocycles. The van der Waals surface area contributed by atoms with Crippen molar-refractivity contribution < 1.29 is 4.74 Å². The maximum absolute atomic E-state index is 5.44. The van der Waals surface area contributed by atoms with E-state index in [4.69, 9.17) is 4.74 Å². The molecule has 2 N–H and O–H groups in total. The van der Waals surface area contributed by atoms with Crippen LogP contribution in [-0.2, 0) is 0 Å². The van der Waals surface area contributed by atoms with Crippen LogP contribution in [0, 0.1) is 5.92 Å². The van der Waals surface area contributed by atoms with Crippen molar-refractivity contribution in [2.75, 3.05) is 33.3 Å². The first-order valence-electron chi connectivity index (χ1n) is 8.46. The smallest absolute Gasteiger partial charge is 0.119 e. The minimum absolute atomic E-state index is 0.553. The van der Waals surface area contributed by atoms with Crippen LogP contribution in [0.4, 0.5) is 0 Å². The highest BCUT2D eigenvalue weighted by molar-refractivity contribution is 5.85. The summed E-state index contributed by atoms with van der Waals surface area (Å²) in [6.07, 6.45) is 6.35. The van der Waals surface area contributed by atoms with Crippen molar-refractivity contribution >= 4 is 10.9 Å². The Kier molecular flexibility index (Phi) is 3.80. The first-order chi connectivity index (χ1) is 10.9. The number of benzene rings is 1. The van der Waals surface area contributed by atoms with Crippen LogP contribution in [0.15, 0.2) is 24.4 Å². The second kappa shape index (κ2) is 5.94. The van der Waals surface area contributed by atoms with Gasteiger partial charge in [0.1, 0.15) is 5.75 Å². The van der Waals surface area contributed by atoms with Crippen LogP contribution in [-0.4, -0.2) is 43.2 Å². The summed E-state index contributed by atoms with van der Waals surface area (Å²) < 4.78 is 5.44. The predicted octanol–water partition coefficient (Wildman–Crippen LogP) is 2.92. The molecule has 1 atom stereocenters. The molecule has 4 rings (SSSR count). The van der Waals surface area contributed by atoms with Gasteiger partial charge in [-0.3, -0.25) is 4.90 Å². The third kappa shape index (κ3) is 2.40. The molecule has 0 amide bonds. The van der Waals surface area contributed by atoms with Gasteiger partial charge in [-0.2, -0.15) is 0 Å². The van der Waals surface area contributed by atoms with Crippen molar-refractivity contribution in [2.45, 2.75) is 25.3 Å². The van der Waals surface area contributed by atoms with E-state index in [1.807, 2.05) is 6.07 Å². The number of nitrogens with one attached hydrogen (secondary N) is 2. The number of aromatic amines is 1. The molecule has 1 aromatic heterocycles. The van der Waals surface area contributed by atoms with E-state index in [2.05, 4.69) is 33.5 Å². The Bertz CT molecular complexity index is 641. The maximum atomic E-state index is 5.44. The largest absolute Gasteiger partial charge is 0.497 e. The normalized spacial score (nSPS) is 21.7. The lowest BCUT2D eigenvalue weighted by Gasteiger charge is -2.43. The van der Waals surface area contributed by atoms with Gasteiger partial charge in [-0.1, -0.05) is 6.42 Å². The van der Waals surface area contributed by atoms with E-state index in [9.17, 15) is 0 Å². The van der Waals surface area contributed by atoms with Crippen LogP contribution in [0.1, 0.15) is 30.9 Å². The molecule has 4 nitrogen and oxygen atoms in total. The standard InChI is InChI=1S/C18H25N3O/c1-22-14-5-6-17-15(11-14)16(12-20-17)18(13-3-2-4-13)21-9-7-19-8-10-21/h5-6,11-13,18-20H,2-4,7-10H2,1H3/t18-/m0/s1. The average molecular weight is 299 g/mol. The number of H-pyrrole nitrogens is 1. The van der Waals surface area contributed by atoms with E-state index < -0.39 is 0 Å². The Labute approximate surface area is 131 Å². The molecule has 0 radical (unpaired) electrons. The molecule has 118 valence electrons. The molecule has 0 spiro atoms. The quantitative estimate of drug-likeness (QED) is 0.912. The first-order valence-corrected chi connectivity index (χ1v) is 8.46. The van der Waals surface area contributed by atoms with Gasteiger partial charge in [-0.25, -0.2) is 0 Å². The van der Waals surface area contributed by atoms with Crippen molar-refractivity contribution in [3.8, 4) is 5.75 Å². The van der Waals surface area contributed by atoms with E-state index in [-0.39, 0.29) is 0 Å². The number of hydrogen-bond donors (Lipinski definition) is 2. The number of fused-ring (bicyclic) bond motifs is 1. The third-order valence-electron chi connectivity index (χ3n) is 5.38. The van der Waals surface area contributed by atoms with E-state index in [1.165, 1.54) is 35.7 Å². The highest BCUT2D eigenvalue weighted by Crippen LogP contribution is 2.43. The molecule has 1 saturated carbocycles. The second-order valence-electron chi connectivity index (χ2n) is 6.58. The molecule has 2 aromatic rings. The molecule has 4 heteroatoms. The van der Waals surface area contributed by atoms with Crippen LogP contribution in [0.5, 0.6) is 5.75 Å². The molecule has 2 aliphatic rings. The highest BCUT2D eigenvalue weighted by Gasteiger charge is 2.34. The Morgan fingerprint density at radius 1 is 1.23 bits per heavy atom. The van der Waals surface area contributed by atoms with Gasteiger partial charge >= 0.3 is 0 Å². The third-order valence-corrected chi connectivity index (χ3v) is 5.38. The van der Waals surface area contributed by atoms with Crippen LogP contribution in [0.3, 0.4) is 0 Å². The first kappa shape index (κ1) is 14.1. The summed E-state index contributed by atoms with van der Waals surface area (Å²) >= 11 is 0. The molecule has 1 saturated heterocycles. The lowest BCUT2D eigenvalue weighted by molar-refractivity contribution is 0.0846. The molecular formula is C18H25N3O. The Balaban J connectivity index is 1.74. The molecule has 1 aliphatic carbocycles. The summed E-state index contributed by atoms with van der Waals surface area (Å²) in [5.41, 5.74) is 2.68. The van der Waals surface area contributed by atoms with Gasteiger partial charge in [-0.05, 0) is 42.5 Å². The molecule has 1 aliphatic heterocycles. The van der Waals surface area contributed by atoms with Crippen LogP contribution < -0.4 is 10.1 Å². The topological polar surface area (TPSA) is 40.3 Å². The molecule has 22 heavy (non-hydrogen) atoms. The van der Waals surface area contributed by atoms with Crippen molar-refractivity contribution in [3.05, 3.63) is 30.0 Å². The molecule has 2 fully saturated rings. The summed E-state index contributed by atoms with van der Waals surface area (Å²) in [4.78, 5) is 6.15. The van der Waals surface area contributed by atoms with Crippen molar-refractivity contribution in [1.29, 1.82) is 0 Å². The summed E-state index contributed by atoms with van der Waals surface area (Å²) in [5, 5.41) is 4.80. The summed E-state index contributed by atoms with van der Waals surface area (Å²) in [6, 6.07) is 6.91. The summed E-state index contributed by atoms with van der Waals surface area (Å²) in [6.45, 7) is 4.51. The minimum Gasteiger partial charge on any atom is -0.497 e. The fourth-order valence-corrected chi connectivity index (χ4v) is 3.96. The fraction of sp³-hybridized carbons (Fsp3) is 0.556.